The van der Waals surface area contributed by atoms with Gasteiger partial charge in [0.15, 0.2) is 0 Å². The van der Waals surface area contributed by atoms with Gasteiger partial charge in [-0.3, -0.25) is 4.79 Å². The van der Waals surface area contributed by atoms with Crippen molar-refractivity contribution in [2.24, 2.45) is 17.8 Å². The number of amides is 1. The summed E-state index contributed by atoms with van der Waals surface area (Å²) in [5.74, 6) is 2.32. The molecule has 1 aromatic heterocycles. The summed E-state index contributed by atoms with van der Waals surface area (Å²) in [5, 5.41) is 3.36. The fourth-order valence-electron chi connectivity index (χ4n) is 3.48. The maximum Gasteiger partial charge on any atom is 0.269 e. The van der Waals surface area contributed by atoms with Gasteiger partial charge in [0.05, 0.1) is 0 Å². The van der Waals surface area contributed by atoms with E-state index in [0.717, 1.165) is 18.4 Å². The minimum absolute atomic E-state index is 0.111. The molecule has 3 rings (SSSR count). The zero-order valence-electron chi connectivity index (χ0n) is 10.2. The second-order valence-corrected chi connectivity index (χ2v) is 5.88. The molecule has 2 bridgehead atoms. The lowest BCUT2D eigenvalue weighted by Gasteiger charge is -2.21. The summed E-state index contributed by atoms with van der Waals surface area (Å²) in [4.78, 5) is 15.9. The fourth-order valence-corrected chi connectivity index (χ4v) is 3.64. The number of rotatable bonds is 3. The lowest BCUT2D eigenvalue weighted by molar-refractivity contribution is 0.0937. The van der Waals surface area contributed by atoms with Crippen molar-refractivity contribution < 1.29 is 4.79 Å². The number of pyridine rings is 1. The summed E-state index contributed by atoms with van der Waals surface area (Å²) in [6, 6.07) is 5.12. The maximum absolute atomic E-state index is 11.9. The third kappa shape index (κ3) is 2.37. The van der Waals surface area contributed by atoms with Gasteiger partial charge in [-0.15, -0.1) is 0 Å². The lowest BCUT2D eigenvalue weighted by atomic mass is 9.89. The van der Waals surface area contributed by atoms with Crippen LogP contribution < -0.4 is 5.32 Å². The molecule has 2 aliphatic carbocycles. The van der Waals surface area contributed by atoms with Crippen LogP contribution in [-0.2, 0) is 0 Å². The monoisotopic (exact) mass is 264 g/mol. The Balaban J connectivity index is 1.56. The first kappa shape index (κ1) is 12.0. The number of nitrogens with one attached hydrogen (secondary N) is 1. The molecule has 96 valence electrons. The molecule has 2 fully saturated rings. The highest BCUT2D eigenvalue weighted by Gasteiger charge is 2.39. The third-order valence-corrected chi connectivity index (χ3v) is 4.57. The summed E-state index contributed by atoms with van der Waals surface area (Å²) < 4.78 is 0. The minimum atomic E-state index is -0.111. The van der Waals surface area contributed by atoms with Crippen molar-refractivity contribution in [3.05, 3.63) is 29.0 Å². The van der Waals surface area contributed by atoms with Gasteiger partial charge in [-0.2, -0.15) is 0 Å². The molecule has 1 aromatic rings. The van der Waals surface area contributed by atoms with Gasteiger partial charge in [0.1, 0.15) is 10.8 Å². The number of hydrogen-bond donors (Lipinski definition) is 1. The SMILES string of the molecule is O=C(NCC1CC2CCC1C2)c1cccc(Cl)n1. The Kier molecular flexibility index (Phi) is 3.25. The molecule has 2 saturated carbocycles. The van der Waals surface area contributed by atoms with Gasteiger partial charge in [-0.1, -0.05) is 24.1 Å². The Morgan fingerprint density at radius 3 is 2.94 bits per heavy atom. The summed E-state index contributed by atoms with van der Waals surface area (Å²) in [7, 11) is 0. The van der Waals surface area contributed by atoms with Gasteiger partial charge in [-0.25, -0.2) is 4.98 Å². The quantitative estimate of drug-likeness (QED) is 0.853. The van der Waals surface area contributed by atoms with Crippen LogP contribution in [0.5, 0.6) is 0 Å². The zero-order valence-corrected chi connectivity index (χ0v) is 11.0. The van der Waals surface area contributed by atoms with Crippen molar-refractivity contribution in [3.63, 3.8) is 0 Å². The number of halogens is 1. The van der Waals surface area contributed by atoms with Crippen molar-refractivity contribution in [1.29, 1.82) is 0 Å². The molecular weight excluding hydrogens is 248 g/mol. The Bertz CT molecular complexity index is 463. The van der Waals surface area contributed by atoms with Crippen LogP contribution in [0.25, 0.3) is 0 Å². The molecule has 18 heavy (non-hydrogen) atoms. The van der Waals surface area contributed by atoms with Gasteiger partial charge in [0, 0.05) is 6.54 Å². The molecule has 0 aromatic carbocycles. The van der Waals surface area contributed by atoms with Crippen molar-refractivity contribution in [2.45, 2.75) is 25.7 Å². The molecule has 3 unspecified atom stereocenters. The predicted molar refractivity (Wildman–Crippen MR) is 70.5 cm³/mol. The Hall–Kier alpha value is -1.09. The van der Waals surface area contributed by atoms with Crippen LogP contribution >= 0.6 is 11.6 Å². The molecule has 1 N–H and O–H groups in total. The van der Waals surface area contributed by atoms with E-state index >= 15 is 0 Å². The second-order valence-electron chi connectivity index (χ2n) is 5.49. The van der Waals surface area contributed by atoms with Crippen LogP contribution in [0.1, 0.15) is 36.2 Å². The minimum Gasteiger partial charge on any atom is -0.350 e. The molecule has 2 aliphatic rings. The number of carbonyl (C=O) groups excluding carboxylic acids is 1. The standard InChI is InChI=1S/C14H17ClN2O/c15-13-3-1-2-12(17-13)14(18)16-8-11-7-9-4-5-10(11)6-9/h1-3,9-11H,4-8H2,(H,16,18). The van der Waals surface area contributed by atoms with Crippen LogP contribution in [0.3, 0.4) is 0 Å². The van der Waals surface area contributed by atoms with E-state index in [4.69, 9.17) is 11.6 Å². The van der Waals surface area contributed by atoms with Gasteiger partial charge in [-0.05, 0) is 49.1 Å². The molecule has 1 heterocycles. The highest BCUT2D eigenvalue weighted by Crippen LogP contribution is 2.47. The normalized spacial score (nSPS) is 29.5. The summed E-state index contributed by atoms with van der Waals surface area (Å²) in [6.07, 6.45) is 5.40. The smallest absolute Gasteiger partial charge is 0.269 e. The average Bonchev–Trinajstić information content (AvgIpc) is 2.98. The average molecular weight is 265 g/mol. The predicted octanol–water partition coefficient (Wildman–Crippen LogP) is 2.90. The van der Waals surface area contributed by atoms with Crippen molar-refractivity contribution in [1.82, 2.24) is 10.3 Å². The van der Waals surface area contributed by atoms with E-state index < -0.39 is 0 Å². The highest BCUT2D eigenvalue weighted by atomic mass is 35.5. The first-order valence-corrected chi connectivity index (χ1v) is 7.01. The van der Waals surface area contributed by atoms with Crippen LogP contribution in [0.15, 0.2) is 18.2 Å². The highest BCUT2D eigenvalue weighted by molar-refractivity contribution is 6.29. The molecule has 1 amide bonds. The second kappa shape index (κ2) is 4.88. The number of fused-ring (bicyclic) bond motifs is 2. The van der Waals surface area contributed by atoms with E-state index in [-0.39, 0.29) is 5.91 Å². The zero-order chi connectivity index (χ0) is 12.5. The Morgan fingerprint density at radius 2 is 2.28 bits per heavy atom. The van der Waals surface area contributed by atoms with Crippen molar-refractivity contribution >= 4 is 17.5 Å². The number of carbonyl (C=O) groups is 1. The molecule has 4 heteroatoms. The van der Waals surface area contributed by atoms with E-state index in [0.29, 0.717) is 16.8 Å². The van der Waals surface area contributed by atoms with Crippen LogP contribution in [0.2, 0.25) is 5.15 Å². The van der Waals surface area contributed by atoms with E-state index in [1.807, 2.05) is 0 Å². The van der Waals surface area contributed by atoms with Crippen molar-refractivity contribution in [2.75, 3.05) is 6.54 Å². The van der Waals surface area contributed by atoms with Gasteiger partial charge in [0.25, 0.3) is 5.91 Å². The third-order valence-electron chi connectivity index (χ3n) is 4.36. The first-order valence-electron chi connectivity index (χ1n) is 6.63. The first-order chi connectivity index (χ1) is 8.72. The molecule has 0 saturated heterocycles. The largest absolute Gasteiger partial charge is 0.350 e. The summed E-state index contributed by atoms with van der Waals surface area (Å²) >= 11 is 5.78. The summed E-state index contributed by atoms with van der Waals surface area (Å²) in [5.41, 5.74) is 0.408. The lowest BCUT2D eigenvalue weighted by Crippen LogP contribution is -2.32. The Labute approximate surface area is 112 Å². The molecule has 3 nitrogen and oxygen atoms in total. The van der Waals surface area contributed by atoms with Crippen LogP contribution in [-0.4, -0.2) is 17.4 Å². The van der Waals surface area contributed by atoms with E-state index in [9.17, 15) is 4.79 Å². The van der Waals surface area contributed by atoms with Crippen LogP contribution in [0, 0.1) is 17.8 Å². The van der Waals surface area contributed by atoms with Crippen molar-refractivity contribution in [3.8, 4) is 0 Å². The molecule has 0 spiro atoms. The van der Waals surface area contributed by atoms with Gasteiger partial charge < -0.3 is 5.32 Å². The number of nitrogens with zero attached hydrogens (tertiary/aromatic N) is 1. The molecular formula is C14H17ClN2O. The van der Waals surface area contributed by atoms with E-state index in [1.165, 1.54) is 25.7 Å². The molecule has 0 aliphatic heterocycles. The topological polar surface area (TPSA) is 42.0 Å². The molecule has 3 atom stereocenters. The Morgan fingerprint density at radius 1 is 1.39 bits per heavy atom. The number of hydrogen-bond acceptors (Lipinski definition) is 2. The van der Waals surface area contributed by atoms with E-state index in [2.05, 4.69) is 10.3 Å². The molecule has 0 radical (unpaired) electrons. The maximum atomic E-state index is 11.9. The van der Waals surface area contributed by atoms with Gasteiger partial charge in [0.2, 0.25) is 0 Å². The fraction of sp³-hybridized carbons (Fsp3) is 0.571. The number of aromatic nitrogens is 1. The van der Waals surface area contributed by atoms with Gasteiger partial charge >= 0.3 is 0 Å². The summed E-state index contributed by atoms with van der Waals surface area (Å²) in [6.45, 7) is 0.786. The van der Waals surface area contributed by atoms with Crippen LogP contribution in [0.4, 0.5) is 0 Å². The van der Waals surface area contributed by atoms with E-state index in [1.54, 1.807) is 18.2 Å².